The van der Waals surface area contributed by atoms with Crippen LogP contribution in [0.15, 0.2) is 35.0 Å². The lowest BCUT2D eigenvalue weighted by molar-refractivity contribution is -0.384. The number of non-ortho nitro benzene ring substituents is 1. The van der Waals surface area contributed by atoms with Crippen LogP contribution in [0.25, 0.3) is 0 Å². The Morgan fingerprint density at radius 2 is 2.16 bits per heavy atom. The van der Waals surface area contributed by atoms with Crippen LogP contribution in [0.1, 0.15) is 10.4 Å². The summed E-state index contributed by atoms with van der Waals surface area (Å²) < 4.78 is 0. The molecule has 98 valence electrons. The SMILES string of the molecule is NNc1ccc([N+](=O)[O-])cc1C(=O)Nc1ccsc1. The number of anilines is 2. The van der Waals surface area contributed by atoms with Crippen molar-refractivity contribution in [3.05, 3.63) is 50.7 Å². The van der Waals surface area contributed by atoms with Gasteiger partial charge >= 0.3 is 0 Å². The monoisotopic (exact) mass is 278 g/mol. The maximum absolute atomic E-state index is 12.0. The summed E-state index contributed by atoms with van der Waals surface area (Å²) >= 11 is 1.43. The third-order valence-corrected chi connectivity index (χ3v) is 3.08. The van der Waals surface area contributed by atoms with Gasteiger partial charge < -0.3 is 10.7 Å². The first-order valence-electron chi connectivity index (χ1n) is 5.20. The fourth-order valence-electron chi connectivity index (χ4n) is 1.49. The normalized spacial score (nSPS) is 9.95. The molecule has 0 atom stereocenters. The highest BCUT2D eigenvalue weighted by Gasteiger charge is 2.16. The molecule has 2 rings (SSSR count). The Hall–Kier alpha value is -2.45. The molecule has 0 unspecified atom stereocenters. The fourth-order valence-corrected chi connectivity index (χ4v) is 2.08. The van der Waals surface area contributed by atoms with Gasteiger partial charge in [0.15, 0.2) is 0 Å². The zero-order valence-electron chi connectivity index (χ0n) is 9.62. The summed E-state index contributed by atoms with van der Waals surface area (Å²) in [6.07, 6.45) is 0. The second-order valence-corrected chi connectivity index (χ2v) is 4.38. The second-order valence-electron chi connectivity index (χ2n) is 3.60. The van der Waals surface area contributed by atoms with Crippen molar-refractivity contribution in [1.29, 1.82) is 0 Å². The molecule has 1 aromatic carbocycles. The van der Waals surface area contributed by atoms with Crippen LogP contribution in [0.5, 0.6) is 0 Å². The number of nitro benzene ring substituents is 1. The molecule has 0 bridgehead atoms. The van der Waals surface area contributed by atoms with E-state index in [-0.39, 0.29) is 11.3 Å². The summed E-state index contributed by atoms with van der Waals surface area (Å²) in [7, 11) is 0. The zero-order valence-corrected chi connectivity index (χ0v) is 10.4. The zero-order chi connectivity index (χ0) is 13.8. The number of nitrogens with one attached hydrogen (secondary N) is 2. The minimum absolute atomic E-state index is 0.114. The molecule has 0 aliphatic rings. The molecule has 2 aromatic rings. The number of rotatable bonds is 4. The molecular formula is C11H10N4O3S. The highest BCUT2D eigenvalue weighted by atomic mass is 32.1. The molecule has 0 saturated heterocycles. The van der Waals surface area contributed by atoms with Gasteiger partial charge in [0.05, 0.1) is 21.9 Å². The minimum Gasteiger partial charge on any atom is -0.323 e. The van der Waals surface area contributed by atoms with Gasteiger partial charge in [-0.1, -0.05) is 0 Å². The van der Waals surface area contributed by atoms with Crippen LogP contribution in [0.4, 0.5) is 17.1 Å². The lowest BCUT2D eigenvalue weighted by Gasteiger charge is -2.08. The van der Waals surface area contributed by atoms with E-state index in [4.69, 9.17) is 5.84 Å². The van der Waals surface area contributed by atoms with Gasteiger partial charge in [-0.3, -0.25) is 20.8 Å². The van der Waals surface area contributed by atoms with Gasteiger partial charge in [0, 0.05) is 17.5 Å². The van der Waals surface area contributed by atoms with Crippen molar-refractivity contribution >= 4 is 34.3 Å². The average molecular weight is 278 g/mol. The van der Waals surface area contributed by atoms with Gasteiger partial charge in [0.2, 0.25) is 0 Å². The molecule has 0 saturated carbocycles. The minimum atomic E-state index is -0.568. The van der Waals surface area contributed by atoms with E-state index in [2.05, 4.69) is 10.7 Å². The second kappa shape index (κ2) is 5.46. The molecule has 0 aliphatic heterocycles. The lowest BCUT2D eigenvalue weighted by atomic mass is 10.1. The number of hydrazine groups is 1. The van der Waals surface area contributed by atoms with Crippen LogP contribution in [0, 0.1) is 10.1 Å². The van der Waals surface area contributed by atoms with Gasteiger partial charge in [-0.15, -0.1) is 0 Å². The number of carbonyl (C=O) groups excluding carboxylic acids is 1. The molecular weight excluding hydrogens is 268 g/mol. The standard InChI is InChI=1S/C11H10N4O3S/c12-14-10-2-1-8(15(17)18)5-9(10)11(16)13-7-3-4-19-6-7/h1-6,14H,12H2,(H,13,16). The highest BCUT2D eigenvalue weighted by molar-refractivity contribution is 7.08. The average Bonchev–Trinajstić information content (AvgIpc) is 2.90. The summed E-state index contributed by atoms with van der Waals surface area (Å²) in [5.41, 5.74) is 3.23. The first kappa shape index (κ1) is 13.0. The summed E-state index contributed by atoms with van der Waals surface area (Å²) in [6, 6.07) is 5.57. The van der Waals surface area contributed by atoms with E-state index in [1.807, 2.05) is 5.38 Å². The van der Waals surface area contributed by atoms with E-state index in [9.17, 15) is 14.9 Å². The highest BCUT2D eigenvalue weighted by Crippen LogP contribution is 2.23. The Bertz CT molecular complexity index is 612. The number of hydrogen-bond donors (Lipinski definition) is 3. The summed E-state index contributed by atoms with van der Waals surface area (Å²) in [4.78, 5) is 22.2. The quantitative estimate of drug-likeness (QED) is 0.451. The van der Waals surface area contributed by atoms with E-state index in [1.165, 1.54) is 29.5 Å². The third kappa shape index (κ3) is 2.87. The number of nitrogens with two attached hydrogens (primary N) is 1. The summed E-state index contributed by atoms with van der Waals surface area (Å²) in [5.74, 6) is 4.83. The molecule has 1 aromatic heterocycles. The Morgan fingerprint density at radius 3 is 2.74 bits per heavy atom. The maximum atomic E-state index is 12.0. The number of nitrogens with zero attached hydrogens (tertiary/aromatic N) is 1. The first-order valence-corrected chi connectivity index (χ1v) is 6.14. The van der Waals surface area contributed by atoms with Crippen molar-refractivity contribution in [3.63, 3.8) is 0 Å². The van der Waals surface area contributed by atoms with Crippen molar-refractivity contribution < 1.29 is 9.72 Å². The number of benzene rings is 1. The molecule has 0 fully saturated rings. The van der Waals surface area contributed by atoms with Gasteiger partial charge in [-0.25, -0.2) is 0 Å². The maximum Gasteiger partial charge on any atom is 0.270 e. The topological polar surface area (TPSA) is 110 Å². The molecule has 1 heterocycles. The van der Waals surface area contributed by atoms with Crippen LogP contribution in [0.3, 0.4) is 0 Å². The molecule has 0 aliphatic carbocycles. The van der Waals surface area contributed by atoms with Crippen molar-refractivity contribution in [3.8, 4) is 0 Å². The Labute approximate surface area is 112 Å². The third-order valence-electron chi connectivity index (χ3n) is 2.39. The van der Waals surface area contributed by atoms with Crippen LogP contribution in [-0.2, 0) is 0 Å². The molecule has 0 spiro atoms. The smallest absolute Gasteiger partial charge is 0.270 e. The number of amides is 1. The number of nitrogen functional groups attached to an aromatic ring is 1. The molecule has 4 N–H and O–H groups in total. The van der Waals surface area contributed by atoms with E-state index < -0.39 is 10.8 Å². The summed E-state index contributed by atoms with van der Waals surface area (Å²) in [5, 5.41) is 16.9. The van der Waals surface area contributed by atoms with Crippen molar-refractivity contribution in [2.45, 2.75) is 0 Å². The lowest BCUT2D eigenvalue weighted by Crippen LogP contribution is -2.17. The Balaban J connectivity index is 2.33. The number of hydrogen-bond acceptors (Lipinski definition) is 6. The Kier molecular flexibility index (Phi) is 3.74. The van der Waals surface area contributed by atoms with E-state index in [0.29, 0.717) is 11.4 Å². The van der Waals surface area contributed by atoms with Crippen LogP contribution < -0.4 is 16.6 Å². The Morgan fingerprint density at radius 1 is 1.37 bits per heavy atom. The summed E-state index contributed by atoms with van der Waals surface area (Å²) in [6.45, 7) is 0. The van der Waals surface area contributed by atoms with Crippen molar-refractivity contribution in [2.24, 2.45) is 5.84 Å². The molecule has 19 heavy (non-hydrogen) atoms. The van der Waals surface area contributed by atoms with E-state index in [1.54, 1.807) is 11.4 Å². The van der Waals surface area contributed by atoms with Crippen LogP contribution >= 0.6 is 11.3 Å². The predicted octanol–water partition coefficient (Wildman–Crippen LogP) is 2.19. The molecule has 1 amide bonds. The van der Waals surface area contributed by atoms with Crippen LogP contribution in [0.2, 0.25) is 0 Å². The number of carbonyl (C=O) groups is 1. The van der Waals surface area contributed by atoms with Crippen molar-refractivity contribution in [1.82, 2.24) is 0 Å². The number of thiophene rings is 1. The van der Waals surface area contributed by atoms with Gasteiger partial charge in [-0.05, 0) is 17.5 Å². The van der Waals surface area contributed by atoms with E-state index >= 15 is 0 Å². The van der Waals surface area contributed by atoms with Gasteiger partial charge in [-0.2, -0.15) is 11.3 Å². The van der Waals surface area contributed by atoms with Gasteiger partial charge in [0.25, 0.3) is 11.6 Å². The molecule has 8 heteroatoms. The molecule has 0 radical (unpaired) electrons. The van der Waals surface area contributed by atoms with Gasteiger partial charge in [0.1, 0.15) is 0 Å². The van der Waals surface area contributed by atoms with Crippen LogP contribution in [-0.4, -0.2) is 10.8 Å². The largest absolute Gasteiger partial charge is 0.323 e. The number of nitro groups is 1. The fraction of sp³-hybridized carbons (Fsp3) is 0. The predicted molar refractivity (Wildman–Crippen MR) is 73.2 cm³/mol. The van der Waals surface area contributed by atoms with E-state index in [0.717, 1.165) is 0 Å². The van der Waals surface area contributed by atoms with Crippen molar-refractivity contribution in [2.75, 3.05) is 10.7 Å². The first-order chi connectivity index (χ1) is 9.11. The molecule has 7 nitrogen and oxygen atoms in total.